The third-order valence-electron chi connectivity index (χ3n) is 3.11. The normalized spacial score (nSPS) is 13.6. The van der Waals surface area contributed by atoms with Gasteiger partial charge in [0, 0.05) is 11.6 Å². The summed E-state index contributed by atoms with van der Waals surface area (Å²) in [6.07, 6.45) is 1.12. The lowest BCUT2D eigenvalue weighted by Crippen LogP contribution is -2.40. The SMILES string of the molecule is CCC(C)(C)NC(C)c1ccc(OC)cc1. The van der Waals surface area contributed by atoms with E-state index in [4.69, 9.17) is 4.74 Å². The van der Waals surface area contributed by atoms with Crippen molar-refractivity contribution in [3.05, 3.63) is 29.8 Å². The fourth-order valence-electron chi connectivity index (χ4n) is 1.66. The molecule has 0 aliphatic heterocycles. The van der Waals surface area contributed by atoms with Gasteiger partial charge in [0.25, 0.3) is 0 Å². The molecule has 1 unspecified atom stereocenters. The monoisotopic (exact) mass is 221 g/mol. The van der Waals surface area contributed by atoms with Crippen LogP contribution in [-0.2, 0) is 0 Å². The summed E-state index contributed by atoms with van der Waals surface area (Å²) < 4.78 is 5.15. The second-order valence-corrected chi connectivity index (χ2v) is 4.88. The zero-order chi connectivity index (χ0) is 12.2. The highest BCUT2D eigenvalue weighted by Crippen LogP contribution is 2.20. The van der Waals surface area contributed by atoms with E-state index in [-0.39, 0.29) is 5.54 Å². The molecule has 0 saturated carbocycles. The van der Waals surface area contributed by atoms with Gasteiger partial charge in [0.1, 0.15) is 5.75 Å². The molecule has 0 saturated heterocycles. The van der Waals surface area contributed by atoms with Gasteiger partial charge in [0.05, 0.1) is 7.11 Å². The Labute approximate surface area is 99.0 Å². The fraction of sp³-hybridized carbons (Fsp3) is 0.571. The van der Waals surface area contributed by atoms with Crippen molar-refractivity contribution in [1.29, 1.82) is 0 Å². The second kappa shape index (κ2) is 5.35. The van der Waals surface area contributed by atoms with Crippen molar-refractivity contribution in [2.45, 2.75) is 45.7 Å². The number of ether oxygens (including phenoxy) is 1. The van der Waals surface area contributed by atoms with Gasteiger partial charge in [0.2, 0.25) is 0 Å². The molecule has 16 heavy (non-hydrogen) atoms. The third-order valence-corrected chi connectivity index (χ3v) is 3.11. The van der Waals surface area contributed by atoms with E-state index in [0.717, 1.165) is 12.2 Å². The Kier molecular flexibility index (Phi) is 4.36. The van der Waals surface area contributed by atoms with Crippen molar-refractivity contribution >= 4 is 0 Å². The lowest BCUT2D eigenvalue weighted by atomic mass is 9.98. The average molecular weight is 221 g/mol. The van der Waals surface area contributed by atoms with Crippen molar-refractivity contribution < 1.29 is 4.74 Å². The Morgan fingerprint density at radius 3 is 2.25 bits per heavy atom. The quantitative estimate of drug-likeness (QED) is 0.821. The first kappa shape index (κ1) is 13.0. The Hall–Kier alpha value is -1.02. The Bertz CT molecular complexity index is 316. The number of hydrogen-bond acceptors (Lipinski definition) is 2. The average Bonchev–Trinajstić information content (AvgIpc) is 2.28. The van der Waals surface area contributed by atoms with E-state index in [0.29, 0.717) is 6.04 Å². The first-order valence-electron chi connectivity index (χ1n) is 5.90. The van der Waals surface area contributed by atoms with Crippen LogP contribution in [0.25, 0.3) is 0 Å². The van der Waals surface area contributed by atoms with Crippen LogP contribution in [0.4, 0.5) is 0 Å². The molecule has 1 aromatic rings. The van der Waals surface area contributed by atoms with Crippen LogP contribution in [-0.4, -0.2) is 12.6 Å². The Balaban J connectivity index is 2.69. The van der Waals surface area contributed by atoms with E-state index in [2.05, 4.69) is 45.1 Å². The lowest BCUT2D eigenvalue weighted by Gasteiger charge is -2.29. The molecule has 0 amide bonds. The van der Waals surface area contributed by atoms with Crippen LogP contribution in [0, 0.1) is 0 Å². The highest BCUT2D eigenvalue weighted by molar-refractivity contribution is 5.28. The van der Waals surface area contributed by atoms with Crippen molar-refractivity contribution in [3.63, 3.8) is 0 Å². The summed E-state index contributed by atoms with van der Waals surface area (Å²) in [6.45, 7) is 8.85. The van der Waals surface area contributed by atoms with Crippen molar-refractivity contribution in [3.8, 4) is 5.75 Å². The molecule has 90 valence electrons. The van der Waals surface area contributed by atoms with Gasteiger partial charge in [-0.1, -0.05) is 19.1 Å². The molecule has 2 heteroatoms. The molecule has 0 aliphatic rings. The van der Waals surface area contributed by atoms with Crippen LogP contribution in [0.1, 0.15) is 45.7 Å². The summed E-state index contributed by atoms with van der Waals surface area (Å²) in [5, 5.41) is 3.62. The molecule has 0 bridgehead atoms. The van der Waals surface area contributed by atoms with Gasteiger partial charge in [-0.05, 0) is 44.9 Å². The molecule has 0 aliphatic carbocycles. The molecule has 1 aromatic carbocycles. The summed E-state index contributed by atoms with van der Waals surface area (Å²) in [6, 6.07) is 8.60. The largest absolute Gasteiger partial charge is 0.497 e. The van der Waals surface area contributed by atoms with Gasteiger partial charge in [-0.2, -0.15) is 0 Å². The van der Waals surface area contributed by atoms with Gasteiger partial charge in [0.15, 0.2) is 0 Å². The predicted molar refractivity (Wildman–Crippen MR) is 68.9 cm³/mol. The van der Waals surface area contributed by atoms with E-state index in [1.54, 1.807) is 7.11 Å². The van der Waals surface area contributed by atoms with Gasteiger partial charge >= 0.3 is 0 Å². The molecule has 0 spiro atoms. The molecule has 0 radical (unpaired) electrons. The maximum atomic E-state index is 5.15. The molecule has 0 heterocycles. The molecule has 0 aromatic heterocycles. The predicted octanol–water partition coefficient (Wildman–Crippen LogP) is 3.53. The minimum atomic E-state index is 0.180. The molecule has 0 fully saturated rings. The lowest BCUT2D eigenvalue weighted by molar-refractivity contribution is 0.337. The number of benzene rings is 1. The highest BCUT2D eigenvalue weighted by atomic mass is 16.5. The second-order valence-electron chi connectivity index (χ2n) is 4.88. The Morgan fingerprint density at radius 2 is 1.81 bits per heavy atom. The van der Waals surface area contributed by atoms with Crippen LogP contribution in [0.5, 0.6) is 5.75 Å². The maximum absolute atomic E-state index is 5.15. The van der Waals surface area contributed by atoms with E-state index < -0.39 is 0 Å². The first-order valence-corrected chi connectivity index (χ1v) is 5.90. The van der Waals surface area contributed by atoms with Gasteiger partial charge in [-0.3, -0.25) is 0 Å². The fourth-order valence-corrected chi connectivity index (χ4v) is 1.66. The van der Waals surface area contributed by atoms with Crippen LogP contribution in [0.15, 0.2) is 24.3 Å². The number of methoxy groups -OCH3 is 1. The molecule has 2 nitrogen and oxygen atoms in total. The van der Waals surface area contributed by atoms with Crippen LogP contribution >= 0.6 is 0 Å². The zero-order valence-electron chi connectivity index (χ0n) is 11.0. The molecule has 1 atom stereocenters. The Morgan fingerprint density at radius 1 is 1.25 bits per heavy atom. The topological polar surface area (TPSA) is 21.3 Å². The molecular formula is C14H23NO. The number of rotatable bonds is 5. The summed E-state index contributed by atoms with van der Waals surface area (Å²) in [4.78, 5) is 0. The standard InChI is InChI=1S/C14H23NO/c1-6-14(3,4)15-11(2)12-7-9-13(16-5)10-8-12/h7-11,15H,6H2,1-5H3. The van der Waals surface area contributed by atoms with Crippen LogP contribution in [0.3, 0.4) is 0 Å². The molecule has 1 N–H and O–H groups in total. The summed E-state index contributed by atoms with van der Waals surface area (Å²) in [5.74, 6) is 0.908. The summed E-state index contributed by atoms with van der Waals surface area (Å²) in [5.41, 5.74) is 1.47. The molecule has 1 rings (SSSR count). The van der Waals surface area contributed by atoms with Gasteiger partial charge < -0.3 is 10.1 Å². The van der Waals surface area contributed by atoms with E-state index >= 15 is 0 Å². The number of nitrogens with one attached hydrogen (secondary N) is 1. The molecular weight excluding hydrogens is 198 g/mol. The van der Waals surface area contributed by atoms with Crippen LogP contribution in [0.2, 0.25) is 0 Å². The van der Waals surface area contributed by atoms with Crippen molar-refractivity contribution in [2.24, 2.45) is 0 Å². The first-order chi connectivity index (χ1) is 7.48. The van der Waals surface area contributed by atoms with Crippen molar-refractivity contribution in [1.82, 2.24) is 5.32 Å². The van der Waals surface area contributed by atoms with Crippen molar-refractivity contribution in [2.75, 3.05) is 7.11 Å². The minimum absolute atomic E-state index is 0.180. The van der Waals surface area contributed by atoms with Gasteiger partial charge in [-0.15, -0.1) is 0 Å². The summed E-state index contributed by atoms with van der Waals surface area (Å²) in [7, 11) is 1.69. The number of hydrogen-bond donors (Lipinski definition) is 1. The van der Waals surface area contributed by atoms with Crippen LogP contribution < -0.4 is 10.1 Å². The van der Waals surface area contributed by atoms with E-state index in [1.165, 1.54) is 5.56 Å². The zero-order valence-corrected chi connectivity index (χ0v) is 11.0. The van der Waals surface area contributed by atoms with E-state index in [1.807, 2.05) is 12.1 Å². The smallest absolute Gasteiger partial charge is 0.118 e. The summed E-state index contributed by atoms with van der Waals surface area (Å²) >= 11 is 0. The van der Waals surface area contributed by atoms with Gasteiger partial charge in [-0.25, -0.2) is 0 Å². The maximum Gasteiger partial charge on any atom is 0.118 e. The third kappa shape index (κ3) is 3.53. The highest BCUT2D eigenvalue weighted by Gasteiger charge is 2.18. The van der Waals surface area contributed by atoms with E-state index in [9.17, 15) is 0 Å². The minimum Gasteiger partial charge on any atom is -0.497 e.